The number of imidazole rings is 1. The summed E-state index contributed by atoms with van der Waals surface area (Å²) in [6, 6.07) is 13.2. The van der Waals surface area contributed by atoms with Gasteiger partial charge in [0.05, 0.1) is 12.5 Å². The minimum Gasteiger partial charge on any atom is -0.387 e. The fourth-order valence-corrected chi connectivity index (χ4v) is 4.75. The molecule has 1 aliphatic heterocycles. The lowest BCUT2D eigenvalue weighted by atomic mass is 10.1. The molecule has 0 bridgehead atoms. The molecule has 2 aromatic carbocycles. The molecule has 1 aliphatic rings. The highest BCUT2D eigenvalue weighted by molar-refractivity contribution is 6.30. The Morgan fingerprint density at radius 3 is 2.76 bits per heavy atom. The van der Waals surface area contributed by atoms with Crippen molar-refractivity contribution in [3.05, 3.63) is 77.5 Å². The number of hydrogen-bond acceptors (Lipinski definition) is 10. The molecule has 1 amide bonds. The molecule has 1 saturated heterocycles. The third-order valence-electron chi connectivity index (χ3n) is 6.59. The molecule has 4 N–H and O–H groups in total. The van der Waals surface area contributed by atoms with E-state index in [0.29, 0.717) is 34.2 Å². The van der Waals surface area contributed by atoms with Crippen LogP contribution in [0.25, 0.3) is 28.4 Å². The Labute approximate surface area is 236 Å². The van der Waals surface area contributed by atoms with Crippen molar-refractivity contribution in [1.82, 2.24) is 39.8 Å². The quantitative estimate of drug-likeness (QED) is 0.223. The zero-order valence-corrected chi connectivity index (χ0v) is 22.1. The number of hydrogen-bond donors (Lipinski definition) is 4. The Balaban J connectivity index is 1.42. The lowest BCUT2D eigenvalue weighted by Crippen LogP contribution is -2.41. The van der Waals surface area contributed by atoms with E-state index in [1.165, 1.54) is 34.8 Å². The number of anilines is 1. The van der Waals surface area contributed by atoms with Crippen LogP contribution in [0.3, 0.4) is 0 Å². The highest BCUT2D eigenvalue weighted by Gasteiger charge is 2.47. The predicted octanol–water partition coefficient (Wildman–Crippen LogP) is 1.84. The Kier molecular flexibility index (Phi) is 7.05. The van der Waals surface area contributed by atoms with Crippen molar-refractivity contribution in [1.29, 1.82) is 0 Å². The van der Waals surface area contributed by atoms with Gasteiger partial charge < -0.3 is 25.6 Å². The summed E-state index contributed by atoms with van der Waals surface area (Å²) in [5, 5.41) is 35.7. The van der Waals surface area contributed by atoms with Gasteiger partial charge in [0.1, 0.15) is 23.7 Å². The van der Waals surface area contributed by atoms with Crippen LogP contribution < -0.4 is 10.6 Å². The number of aliphatic hydroxyl groups is 2. The fourth-order valence-electron chi connectivity index (χ4n) is 4.54. The van der Waals surface area contributed by atoms with Gasteiger partial charge >= 0.3 is 0 Å². The molecular formula is C26H23ClFN9O4. The number of fused-ring (bicyclic) bond motifs is 1. The van der Waals surface area contributed by atoms with Gasteiger partial charge in [0, 0.05) is 24.2 Å². The third kappa shape index (κ3) is 5.09. The van der Waals surface area contributed by atoms with Crippen LogP contribution in [0.5, 0.6) is 0 Å². The van der Waals surface area contributed by atoms with E-state index in [0.717, 1.165) is 5.56 Å². The van der Waals surface area contributed by atoms with Crippen LogP contribution in [0.2, 0.25) is 5.02 Å². The highest BCUT2D eigenvalue weighted by Crippen LogP contribution is 2.33. The number of halogens is 2. The molecule has 3 aromatic heterocycles. The van der Waals surface area contributed by atoms with E-state index in [9.17, 15) is 19.4 Å². The molecule has 6 rings (SSSR count). The molecule has 4 atom stereocenters. The molecule has 0 spiro atoms. The van der Waals surface area contributed by atoms with Crippen LogP contribution in [-0.2, 0) is 16.1 Å². The number of nitrogens with one attached hydrogen (secondary N) is 2. The molecule has 210 valence electrons. The average molecular weight is 580 g/mol. The topological polar surface area (TPSA) is 165 Å². The molecule has 1 unspecified atom stereocenters. The molecule has 0 saturated carbocycles. The number of nitrogens with zero attached hydrogens (tertiary/aromatic N) is 7. The van der Waals surface area contributed by atoms with E-state index in [2.05, 4.69) is 35.9 Å². The van der Waals surface area contributed by atoms with Crippen molar-refractivity contribution in [3.8, 4) is 17.2 Å². The smallest absolute Gasteiger partial charge is 0.256 e. The average Bonchev–Trinajstić information content (AvgIpc) is 3.70. The Morgan fingerprint density at radius 1 is 1.15 bits per heavy atom. The first-order valence-corrected chi connectivity index (χ1v) is 12.8. The second-order valence-corrected chi connectivity index (χ2v) is 9.72. The number of aromatic nitrogens is 7. The Hall–Kier alpha value is -4.50. The van der Waals surface area contributed by atoms with Gasteiger partial charge in [0.25, 0.3) is 11.9 Å². The summed E-state index contributed by atoms with van der Waals surface area (Å²) in [4.78, 5) is 25.8. The van der Waals surface area contributed by atoms with Crippen molar-refractivity contribution < 1.29 is 24.1 Å². The SMILES string of the molecule is CNC(=O)[C@H]1OC(n2cnc3c(NCc4cccc(Cl)c4)nc(-n4cc(-c5cccc(F)c5)nn4)nc32)[C@H](O)[C@@H]1O. The fraction of sp³-hybridized carbons (Fsp3) is 0.231. The summed E-state index contributed by atoms with van der Waals surface area (Å²) in [5.74, 6) is -0.602. The molecule has 5 aromatic rings. The minimum atomic E-state index is -1.48. The van der Waals surface area contributed by atoms with E-state index in [-0.39, 0.29) is 11.6 Å². The number of benzene rings is 2. The highest BCUT2D eigenvalue weighted by atomic mass is 35.5. The molecule has 1 fully saturated rings. The van der Waals surface area contributed by atoms with Crippen molar-refractivity contribution in [3.63, 3.8) is 0 Å². The van der Waals surface area contributed by atoms with E-state index < -0.39 is 36.3 Å². The number of ether oxygens (including phenoxy) is 1. The number of carbonyl (C=O) groups is 1. The summed E-state index contributed by atoms with van der Waals surface area (Å²) >= 11 is 6.14. The zero-order valence-electron chi connectivity index (χ0n) is 21.4. The van der Waals surface area contributed by atoms with Gasteiger partial charge in [-0.05, 0) is 29.8 Å². The summed E-state index contributed by atoms with van der Waals surface area (Å²) < 4.78 is 22.3. The molecule has 4 heterocycles. The second kappa shape index (κ2) is 10.8. The van der Waals surface area contributed by atoms with E-state index in [4.69, 9.17) is 16.3 Å². The van der Waals surface area contributed by atoms with Crippen LogP contribution in [0.1, 0.15) is 11.8 Å². The van der Waals surface area contributed by atoms with Crippen LogP contribution in [0.15, 0.2) is 61.1 Å². The standard InChI is InChI=1S/C26H23ClFN9O4/c1-29-24(40)21-19(38)20(39)25(41-21)36-12-31-18-22(30-10-13-4-2-6-15(27)8-13)32-26(33-23(18)36)37-11-17(34-35-37)14-5-3-7-16(28)9-14/h2-9,11-12,19-21,25,38-39H,10H2,1H3,(H,29,40)(H,30,32,33)/t19-,20+,21-,25?/m0/s1. The third-order valence-corrected chi connectivity index (χ3v) is 6.83. The zero-order chi connectivity index (χ0) is 28.7. The minimum absolute atomic E-state index is 0.0823. The normalized spacial score (nSPS) is 20.4. The van der Waals surface area contributed by atoms with Crippen molar-refractivity contribution >= 4 is 34.5 Å². The summed E-state index contributed by atoms with van der Waals surface area (Å²) in [6.45, 7) is 0.338. The number of rotatable bonds is 7. The van der Waals surface area contributed by atoms with E-state index in [1.807, 2.05) is 12.1 Å². The van der Waals surface area contributed by atoms with Gasteiger partial charge in [-0.1, -0.05) is 41.1 Å². The summed E-state index contributed by atoms with van der Waals surface area (Å²) in [5.41, 5.74) is 2.33. The molecular weight excluding hydrogens is 557 g/mol. The number of carbonyl (C=O) groups excluding carboxylic acids is 1. The van der Waals surface area contributed by atoms with Gasteiger partial charge in [-0.3, -0.25) is 9.36 Å². The predicted molar refractivity (Wildman–Crippen MR) is 144 cm³/mol. The maximum atomic E-state index is 13.8. The van der Waals surface area contributed by atoms with Crippen LogP contribution in [0, 0.1) is 5.82 Å². The number of aliphatic hydroxyl groups excluding tert-OH is 2. The van der Waals surface area contributed by atoms with Gasteiger partial charge in [0.2, 0.25) is 0 Å². The molecule has 41 heavy (non-hydrogen) atoms. The summed E-state index contributed by atoms with van der Waals surface area (Å²) in [6.07, 6.45) is -2.50. The first kappa shape index (κ1) is 26.7. The monoisotopic (exact) mass is 579 g/mol. The summed E-state index contributed by atoms with van der Waals surface area (Å²) in [7, 11) is 1.40. The first-order chi connectivity index (χ1) is 19.8. The van der Waals surface area contributed by atoms with Crippen LogP contribution >= 0.6 is 11.6 Å². The van der Waals surface area contributed by atoms with E-state index in [1.54, 1.807) is 30.5 Å². The number of likely N-dealkylation sites (N-methyl/N-ethyl adjacent to an activating group) is 1. The van der Waals surface area contributed by atoms with Crippen LogP contribution in [-0.4, -0.2) is 76.0 Å². The van der Waals surface area contributed by atoms with Crippen LogP contribution in [0.4, 0.5) is 10.2 Å². The van der Waals surface area contributed by atoms with Crippen molar-refractivity contribution in [2.45, 2.75) is 31.1 Å². The van der Waals surface area contributed by atoms with Gasteiger partial charge in [-0.25, -0.2) is 9.37 Å². The maximum Gasteiger partial charge on any atom is 0.256 e. The van der Waals surface area contributed by atoms with Gasteiger partial charge in [0.15, 0.2) is 29.3 Å². The Morgan fingerprint density at radius 2 is 1.98 bits per heavy atom. The number of amides is 1. The van der Waals surface area contributed by atoms with Crippen molar-refractivity contribution in [2.24, 2.45) is 0 Å². The van der Waals surface area contributed by atoms with Gasteiger partial charge in [-0.15, -0.1) is 5.10 Å². The van der Waals surface area contributed by atoms with Gasteiger partial charge in [-0.2, -0.15) is 14.6 Å². The largest absolute Gasteiger partial charge is 0.387 e. The maximum absolute atomic E-state index is 13.8. The lowest BCUT2D eigenvalue weighted by Gasteiger charge is -2.17. The second-order valence-electron chi connectivity index (χ2n) is 9.28. The van der Waals surface area contributed by atoms with E-state index >= 15 is 0 Å². The molecule has 15 heteroatoms. The lowest BCUT2D eigenvalue weighted by molar-refractivity contribution is -0.137. The van der Waals surface area contributed by atoms with Crippen molar-refractivity contribution in [2.75, 3.05) is 12.4 Å². The molecule has 0 radical (unpaired) electrons. The molecule has 0 aliphatic carbocycles. The first-order valence-electron chi connectivity index (χ1n) is 12.5. The molecule has 13 nitrogen and oxygen atoms in total. The Bertz CT molecular complexity index is 1750.